The Labute approximate surface area is 123 Å². The van der Waals surface area contributed by atoms with Crippen LogP contribution in [-0.2, 0) is 9.59 Å². The number of likely N-dealkylation sites (tertiary alicyclic amines) is 1. The summed E-state index contributed by atoms with van der Waals surface area (Å²) in [5, 5.41) is 20.0. The smallest absolute Gasteiger partial charge is 0.323 e. The summed E-state index contributed by atoms with van der Waals surface area (Å²) in [4.78, 5) is 36.3. The molecule has 1 heterocycles. The lowest BCUT2D eigenvalue weighted by atomic mass is 9.97. The molecule has 8 heteroatoms. The van der Waals surface area contributed by atoms with Gasteiger partial charge in [-0.05, 0) is 38.4 Å². The Morgan fingerprint density at radius 1 is 1.14 bits per heavy atom. The molecule has 0 saturated carbocycles. The SMILES string of the molecule is CCN1CCC(CNC(=O)N(CC(=O)O)CC(=O)O)CC1. The molecule has 0 bridgehead atoms. The third-order valence-electron chi connectivity index (χ3n) is 3.64. The van der Waals surface area contributed by atoms with Gasteiger partial charge in [0, 0.05) is 6.54 Å². The van der Waals surface area contributed by atoms with Gasteiger partial charge in [0.2, 0.25) is 0 Å². The molecule has 0 radical (unpaired) electrons. The lowest BCUT2D eigenvalue weighted by Crippen LogP contribution is -2.47. The van der Waals surface area contributed by atoms with Gasteiger partial charge in [-0.2, -0.15) is 0 Å². The Balaban J connectivity index is 2.39. The summed E-state index contributed by atoms with van der Waals surface area (Å²) in [6, 6.07) is -0.641. The molecule has 1 fully saturated rings. The maximum atomic E-state index is 11.9. The van der Waals surface area contributed by atoms with Crippen LogP contribution in [0.25, 0.3) is 0 Å². The number of carbonyl (C=O) groups is 3. The predicted molar refractivity (Wildman–Crippen MR) is 75.1 cm³/mol. The zero-order valence-electron chi connectivity index (χ0n) is 12.2. The topological polar surface area (TPSA) is 110 Å². The molecule has 1 saturated heterocycles. The quantitative estimate of drug-likeness (QED) is 0.605. The minimum atomic E-state index is -1.23. The van der Waals surface area contributed by atoms with E-state index in [0.717, 1.165) is 37.4 Å². The first kappa shape index (κ1) is 17.2. The summed E-state index contributed by atoms with van der Waals surface area (Å²) in [6.07, 6.45) is 1.96. The van der Waals surface area contributed by atoms with Crippen molar-refractivity contribution < 1.29 is 24.6 Å². The molecule has 0 aliphatic carbocycles. The Bertz CT molecular complexity index is 364. The zero-order valence-corrected chi connectivity index (χ0v) is 12.2. The van der Waals surface area contributed by atoms with Crippen LogP contribution in [0.3, 0.4) is 0 Å². The van der Waals surface area contributed by atoms with Crippen molar-refractivity contribution >= 4 is 18.0 Å². The largest absolute Gasteiger partial charge is 0.480 e. The second-order valence-electron chi connectivity index (χ2n) is 5.21. The van der Waals surface area contributed by atoms with Gasteiger partial charge in [0.25, 0.3) is 0 Å². The van der Waals surface area contributed by atoms with E-state index in [4.69, 9.17) is 10.2 Å². The first-order valence-electron chi connectivity index (χ1n) is 7.11. The molecule has 3 N–H and O–H groups in total. The number of rotatable bonds is 7. The van der Waals surface area contributed by atoms with E-state index in [1.165, 1.54) is 0 Å². The van der Waals surface area contributed by atoms with E-state index < -0.39 is 31.1 Å². The Morgan fingerprint density at radius 2 is 1.67 bits per heavy atom. The minimum Gasteiger partial charge on any atom is -0.480 e. The summed E-state index contributed by atoms with van der Waals surface area (Å²) in [5.74, 6) is -2.11. The van der Waals surface area contributed by atoms with Crippen molar-refractivity contribution in [3.05, 3.63) is 0 Å². The van der Waals surface area contributed by atoms with Gasteiger partial charge in [-0.3, -0.25) is 9.59 Å². The predicted octanol–water partition coefficient (Wildman–Crippen LogP) is -0.101. The Kier molecular flexibility index (Phi) is 6.93. The molecule has 8 nitrogen and oxygen atoms in total. The molecule has 1 aliphatic rings. The van der Waals surface area contributed by atoms with Crippen LogP contribution in [0.15, 0.2) is 0 Å². The zero-order chi connectivity index (χ0) is 15.8. The summed E-state index contributed by atoms with van der Waals surface area (Å²) < 4.78 is 0. The van der Waals surface area contributed by atoms with Crippen LogP contribution in [0.1, 0.15) is 19.8 Å². The van der Waals surface area contributed by atoms with Crippen molar-refractivity contribution in [2.45, 2.75) is 19.8 Å². The third-order valence-corrected chi connectivity index (χ3v) is 3.64. The lowest BCUT2D eigenvalue weighted by molar-refractivity contribution is -0.140. The van der Waals surface area contributed by atoms with Gasteiger partial charge in [0.15, 0.2) is 0 Å². The molecule has 2 amide bonds. The van der Waals surface area contributed by atoms with Crippen molar-refractivity contribution in [2.24, 2.45) is 5.92 Å². The number of nitrogens with zero attached hydrogens (tertiary/aromatic N) is 2. The van der Waals surface area contributed by atoms with Gasteiger partial charge in [0.1, 0.15) is 13.1 Å². The molecule has 0 aromatic heterocycles. The third kappa shape index (κ3) is 6.44. The standard InChI is InChI=1S/C13H23N3O5/c1-2-15-5-3-10(4-6-15)7-14-13(21)16(8-11(17)18)9-12(19)20/h10H,2-9H2,1H3,(H,14,21)(H,17,18)(H,19,20). The van der Waals surface area contributed by atoms with E-state index in [2.05, 4.69) is 17.1 Å². The van der Waals surface area contributed by atoms with Crippen LogP contribution in [0.2, 0.25) is 0 Å². The van der Waals surface area contributed by atoms with E-state index in [1.807, 2.05) is 0 Å². The van der Waals surface area contributed by atoms with Crippen LogP contribution in [-0.4, -0.2) is 77.3 Å². The van der Waals surface area contributed by atoms with Gasteiger partial charge >= 0.3 is 18.0 Å². The molecule has 1 aliphatic heterocycles. The van der Waals surface area contributed by atoms with E-state index in [-0.39, 0.29) is 0 Å². The fourth-order valence-electron chi connectivity index (χ4n) is 2.38. The monoisotopic (exact) mass is 301 g/mol. The van der Waals surface area contributed by atoms with E-state index in [0.29, 0.717) is 12.5 Å². The molecule has 0 unspecified atom stereocenters. The van der Waals surface area contributed by atoms with Crippen LogP contribution >= 0.6 is 0 Å². The van der Waals surface area contributed by atoms with Crippen molar-refractivity contribution in [1.29, 1.82) is 0 Å². The normalized spacial score (nSPS) is 16.4. The van der Waals surface area contributed by atoms with Crippen molar-refractivity contribution in [2.75, 3.05) is 39.3 Å². The number of nitrogens with one attached hydrogen (secondary N) is 1. The molecule has 120 valence electrons. The first-order valence-corrected chi connectivity index (χ1v) is 7.11. The van der Waals surface area contributed by atoms with Crippen LogP contribution < -0.4 is 5.32 Å². The molecule has 0 spiro atoms. The molecular formula is C13H23N3O5. The number of aliphatic carboxylic acids is 2. The van der Waals surface area contributed by atoms with Gasteiger partial charge in [0.05, 0.1) is 0 Å². The molecule has 21 heavy (non-hydrogen) atoms. The summed E-state index contributed by atoms with van der Waals surface area (Å²) in [6.45, 7) is 4.32. The van der Waals surface area contributed by atoms with Crippen molar-refractivity contribution in [3.8, 4) is 0 Å². The Hall–Kier alpha value is -1.83. The maximum Gasteiger partial charge on any atom is 0.323 e. The van der Waals surface area contributed by atoms with Crippen LogP contribution in [0.4, 0.5) is 4.79 Å². The second kappa shape index (κ2) is 8.46. The molecular weight excluding hydrogens is 278 g/mol. The maximum absolute atomic E-state index is 11.9. The molecule has 1 rings (SSSR count). The Morgan fingerprint density at radius 3 is 2.10 bits per heavy atom. The number of piperidine rings is 1. The molecule has 0 aromatic rings. The highest BCUT2D eigenvalue weighted by molar-refractivity contribution is 5.84. The van der Waals surface area contributed by atoms with Gasteiger partial charge in [-0.1, -0.05) is 6.92 Å². The highest BCUT2D eigenvalue weighted by atomic mass is 16.4. The van der Waals surface area contributed by atoms with E-state index in [1.54, 1.807) is 0 Å². The van der Waals surface area contributed by atoms with Crippen LogP contribution in [0, 0.1) is 5.92 Å². The molecule has 0 atom stereocenters. The number of urea groups is 1. The number of amides is 2. The highest BCUT2D eigenvalue weighted by Gasteiger charge is 2.22. The van der Waals surface area contributed by atoms with E-state index in [9.17, 15) is 14.4 Å². The number of carbonyl (C=O) groups excluding carboxylic acids is 1. The average Bonchev–Trinajstić information content (AvgIpc) is 2.43. The van der Waals surface area contributed by atoms with Crippen LogP contribution in [0.5, 0.6) is 0 Å². The fraction of sp³-hybridized carbons (Fsp3) is 0.769. The highest BCUT2D eigenvalue weighted by Crippen LogP contribution is 2.15. The minimum absolute atomic E-state index is 0.355. The number of carboxylic acids is 2. The molecule has 0 aromatic carbocycles. The summed E-state index contributed by atoms with van der Waals surface area (Å²) in [5.41, 5.74) is 0. The van der Waals surface area contributed by atoms with Gasteiger partial charge in [-0.25, -0.2) is 4.79 Å². The van der Waals surface area contributed by atoms with Crippen molar-refractivity contribution in [3.63, 3.8) is 0 Å². The van der Waals surface area contributed by atoms with Crippen molar-refractivity contribution in [1.82, 2.24) is 15.1 Å². The number of carboxylic acid groups (broad SMARTS) is 2. The number of hydrogen-bond acceptors (Lipinski definition) is 4. The fourth-order valence-corrected chi connectivity index (χ4v) is 2.38. The first-order chi connectivity index (χ1) is 9.92. The average molecular weight is 301 g/mol. The lowest BCUT2D eigenvalue weighted by Gasteiger charge is -2.31. The van der Waals surface area contributed by atoms with Gasteiger partial charge < -0.3 is 25.3 Å². The summed E-state index contributed by atoms with van der Waals surface area (Å²) >= 11 is 0. The summed E-state index contributed by atoms with van der Waals surface area (Å²) in [7, 11) is 0. The van der Waals surface area contributed by atoms with E-state index >= 15 is 0 Å². The van der Waals surface area contributed by atoms with Gasteiger partial charge in [-0.15, -0.1) is 0 Å². The second-order valence-corrected chi connectivity index (χ2v) is 5.21. The number of hydrogen-bond donors (Lipinski definition) is 3.